The quantitative estimate of drug-likeness (QED) is 0.772. The van der Waals surface area contributed by atoms with Crippen molar-refractivity contribution in [2.45, 2.75) is 32.2 Å². The van der Waals surface area contributed by atoms with Crippen molar-refractivity contribution in [1.29, 1.82) is 0 Å². The van der Waals surface area contributed by atoms with Crippen molar-refractivity contribution in [2.75, 3.05) is 18.6 Å². The Morgan fingerprint density at radius 2 is 2.17 bits per heavy atom. The van der Waals surface area contributed by atoms with Gasteiger partial charge in [-0.2, -0.15) is 10.2 Å². The first-order chi connectivity index (χ1) is 8.53. The number of sulfone groups is 1. The maximum atomic E-state index is 11.1. The zero-order valence-corrected chi connectivity index (χ0v) is 11.8. The minimum Gasteiger partial charge on any atom is -0.310 e. The second-order valence-corrected chi connectivity index (χ2v) is 6.71. The Balaban J connectivity index is 2.56. The van der Waals surface area contributed by atoms with Crippen LogP contribution in [-0.2, 0) is 9.84 Å². The molecule has 0 fully saturated rings. The molecule has 0 aliphatic carbocycles. The molecule has 1 aromatic rings. The predicted molar refractivity (Wildman–Crippen MR) is 72.0 cm³/mol. The number of rotatable bonds is 8. The summed E-state index contributed by atoms with van der Waals surface area (Å²) in [4.78, 5) is 0. The summed E-state index contributed by atoms with van der Waals surface area (Å²) in [6.45, 7) is 3.01. The van der Waals surface area contributed by atoms with E-state index < -0.39 is 9.84 Å². The molecule has 0 aliphatic heterocycles. The molecule has 5 nitrogen and oxygen atoms in total. The van der Waals surface area contributed by atoms with Crippen LogP contribution in [0.3, 0.4) is 0 Å². The summed E-state index contributed by atoms with van der Waals surface area (Å²) >= 11 is 0. The molecule has 0 saturated heterocycles. The smallest absolute Gasteiger partial charge is 0.147 e. The molecule has 0 saturated carbocycles. The molecule has 1 aromatic heterocycles. The fourth-order valence-corrected chi connectivity index (χ4v) is 2.45. The lowest BCUT2D eigenvalue weighted by Crippen LogP contribution is -2.23. The van der Waals surface area contributed by atoms with Gasteiger partial charge in [-0.3, -0.25) is 0 Å². The monoisotopic (exact) mass is 271 g/mol. The van der Waals surface area contributed by atoms with Gasteiger partial charge in [-0.25, -0.2) is 8.42 Å². The second kappa shape index (κ2) is 7.43. The largest absolute Gasteiger partial charge is 0.310 e. The van der Waals surface area contributed by atoms with E-state index in [4.69, 9.17) is 0 Å². The highest BCUT2D eigenvalue weighted by Crippen LogP contribution is 2.17. The molecule has 0 aliphatic rings. The lowest BCUT2D eigenvalue weighted by Gasteiger charge is -2.18. The van der Waals surface area contributed by atoms with Crippen LogP contribution in [0.15, 0.2) is 18.5 Å². The van der Waals surface area contributed by atoms with E-state index in [0.29, 0.717) is 6.42 Å². The van der Waals surface area contributed by atoms with Gasteiger partial charge in [0.15, 0.2) is 0 Å². The molecule has 1 rings (SSSR count). The van der Waals surface area contributed by atoms with Crippen molar-refractivity contribution >= 4 is 9.84 Å². The number of nitrogens with one attached hydrogen (secondary N) is 1. The maximum Gasteiger partial charge on any atom is 0.147 e. The van der Waals surface area contributed by atoms with E-state index in [0.717, 1.165) is 24.9 Å². The van der Waals surface area contributed by atoms with E-state index in [1.807, 2.05) is 6.07 Å². The van der Waals surface area contributed by atoms with Gasteiger partial charge in [0.2, 0.25) is 0 Å². The average molecular weight is 271 g/mol. The van der Waals surface area contributed by atoms with Crippen LogP contribution in [0, 0.1) is 0 Å². The minimum absolute atomic E-state index is 0.155. The molecule has 1 atom stereocenters. The summed E-state index contributed by atoms with van der Waals surface area (Å²) in [5.74, 6) is 0.232. The van der Waals surface area contributed by atoms with Crippen molar-refractivity contribution in [3.8, 4) is 0 Å². The van der Waals surface area contributed by atoms with Crippen molar-refractivity contribution in [2.24, 2.45) is 0 Å². The highest BCUT2D eigenvalue weighted by Gasteiger charge is 2.12. The molecule has 1 unspecified atom stereocenters. The van der Waals surface area contributed by atoms with E-state index in [1.165, 1.54) is 6.26 Å². The third-order valence-corrected chi connectivity index (χ3v) is 3.69. The van der Waals surface area contributed by atoms with Gasteiger partial charge in [-0.05, 0) is 37.4 Å². The van der Waals surface area contributed by atoms with Gasteiger partial charge in [0.05, 0.1) is 6.20 Å². The first kappa shape index (κ1) is 15.0. The summed E-state index contributed by atoms with van der Waals surface area (Å²) in [7, 11) is -2.88. The fraction of sp³-hybridized carbons (Fsp3) is 0.667. The SMILES string of the molecule is CCCNC(CCCS(C)(=O)=O)c1ccnnc1. The van der Waals surface area contributed by atoms with Crippen LogP contribution in [0.2, 0.25) is 0 Å². The van der Waals surface area contributed by atoms with Crippen molar-refractivity contribution in [3.63, 3.8) is 0 Å². The summed E-state index contributed by atoms with van der Waals surface area (Å²) in [5.41, 5.74) is 1.06. The third-order valence-electron chi connectivity index (χ3n) is 2.66. The topological polar surface area (TPSA) is 72.0 Å². The number of aromatic nitrogens is 2. The van der Waals surface area contributed by atoms with Crippen molar-refractivity contribution in [3.05, 3.63) is 24.0 Å². The van der Waals surface area contributed by atoms with E-state index in [2.05, 4.69) is 22.4 Å². The first-order valence-corrected chi connectivity index (χ1v) is 8.26. The Labute approximate surface area is 109 Å². The highest BCUT2D eigenvalue weighted by molar-refractivity contribution is 7.90. The first-order valence-electron chi connectivity index (χ1n) is 6.20. The molecule has 1 N–H and O–H groups in total. The minimum atomic E-state index is -2.88. The Morgan fingerprint density at radius 3 is 2.72 bits per heavy atom. The van der Waals surface area contributed by atoms with E-state index in [-0.39, 0.29) is 11.8 Å². The van der Waals surface area contributed by atoms with Crippen molar-refractivity contribution < 1.29 is 8.42 Å². The molecule has 0 aromatic carbocycles. The van der Waals surface area contributed by atoms with Crippen LogP contribution in [-0.4, -0.2) is 37.2 Å². The van der Waals surface area contributed by atoms with Crippen LogP contribution in [0.5, 0.6) is 0 Å². The van der Waals surface area contributed by atoms with Gasteiger partial charge >= 0.3 is 0 Å². The summed E-state index contributed by atoms with van der Waals surface area (Å²) in [6.07, 6.45) is 7.15. The molecule has 0 amide bonds. The zero-order chi connectivity index (χ0) is 13.4. The van der Waals surface area contributed by atoms with Crippen molar-refractivity contribution in [1.82, 2.24) is 15.5 Å². The molecule has 0 bridgehead atoms. The predicted octanol–water partition coefficient (Wildman–Crippen LogP) is 1.34. The van der Waals surface area contributed by atoms with Gasteiger partial charge in [0.25, 0.3) is 0 Å². The average Bonchev–Trinajstić information content (AvgIpc) is 2.33. The molecular formula is C12H21N3O2S. The van der Waals surface area contributed by atoms with Crippen LogP contribution < -0.4 is 5.32 Å². The fourth-order valence-electron chi connectivity index (χ4n) is 1.76. The van der Waals surface area contributed by atoms with Gasteiger partial charge in [-0.1, -0.05) is 6.92 Å². The molecule has 18 heavy (non-hydrogen) atoms. The molecule has 6 heteroatoms. The Kier molecular flexibility index (Phi) is 6.21. The van der Waals surface area contributed by atoms with Crippen LogP contribution in [0.1, 0.15) is 37.8 Å². The number of nitrogens with zero attached hydrogens (tertiary/aromatic N) is 2. The van der Waals surface area contributed by atoms with Gasteiger partial charge < -0.3 is 5.32 Å². The van der Waals surface area contributed by atoms with Crippen LogP contribution in [0.25, 0.3) is 0 Å². The van der Waals surface area contributed by atoms with Gasteiger partial charge in [0.1, 0.15) is 9.84 Å². The Morgan fingerprint density at radius 1 is 1.39 bits per heavy atom. The number of hydrogen-bond donors (Lipinski definition) is 1. The molecule has 0 radical (unpaired) electrons. The summed E-state index contributed by atoms with van der Waals surface area (Å²) < 4.78 is 22.2. The maximum absolute atomic E-state index is 11.1. The Bertz CT molecular complexity index is 434. The molecule has 102 valence electrons. The lowest BCUT2D eigenvalue weighted by molar-refractivity contribution is 0.490. The van der Waals surface area contributed by atoms with E-state index in [9.17, 15) is 8.42 Å². The second-order valence-electron chi connectivity index (χ2n) is 4.45. The van der Waals surface area contributed by atoms with E-state index in [1.54, 1.807) is 12.4 Å². The molecule has 1 heterocycles. The molecule has 0 spiro atoms. The zero-order valence-electron chi connectivity index (χ0n) is 11.0. The Hall–Kier alpha value is -1.01. The van der Waals surface area contributed by atoms with E-state index >= 15 is 0 Å². The highest BCUT2D eigenvalue weighted by atomic mass is 32.2. The summed E-state index contributed by atoms with van der Waals surface area (Å²) in [5, 5.41) is 11.0. The number of hydrogen-bond acceptors (Lipinski definition) is 5. The van der Waals surface area contributed by atoms with Crippen LogP contribution >= 0.6 is 0 Å². The normalized spacial score (nSPS) is 13.4. The third kappa shape index (κ3) is 6.07. The standard InChI is InChI=1S/C12H21N3O2S/c1-3-7-13-12(5-4-9-18(2,16)17)11-6-8-14-15-10-11/h6,8,10,12-13H,3-5,7,9H2,1-2H3. The summed E-state index contributed by atoms with van der Waals surface area (Å²) in [6, 6.07) is 2.07. The van der Waals surface area contributed by atoms with Gasteiger partial charge in [0, 0.05) is 24.2 Å². The lowest BCUT2D eigenvalue weighted by atomic mass is 10.0. The molecular weight excluding hydrogens is 250 g/mol. The van der Waals surface area contributed by atoms with Gasteiger partial charge in [-0.15, -0.1) is 0 Å². The van der Waals surface area contributed by atoms with Crippen LogP contribution in [0.4, 0.5) is 0 Å².